The number of aliphatic hydroxyl groups excluding tert-OH is 1. The molecule has 1 N–H and O–H groups in total. The Kier molecular flexibility index (Phi) is 4.23. The van der Waals surface area contributed by atoms with Gasteiger partial charge in [0.15, 0.2) is 0 Å². The van der Waals surface area contributed by atoms with Crippen LogP contribution >= 0.6 is 11.6 Å². The second-order valence-corrected chi connectivity index (χ2v) is 4.93. The molecule has 0 amide bonds. The van der Waals surface area contributed by atoms with E-state index in [0.717, 1.165) is 26.2 Å². The number of halogens is 1. The van der Waals surface area contributed by atoms with Gasteiger partial charge in [0.05, 0.1) is 6.61 Å². The number of aromatic nitrogens is 6. The van der Waals surface area contributed by atoms with Gasteiger partial charge in [-0.1, -0.05) is 0 Å². The predicted octanol–water partition coefficient (Wildman–Crippen LogP) is -0.780. The number of hydrogen-bond acceptors (Lipinski definition) is 8. The molecule has 1 aliphatic rings. The molecule has 1 aliphatic heterocycles. The zero-order valence-electron chi connectivity index (χ0n) is 11.3. The molecule has 0 radical (unpaired) electrons. The lowest BCUT2D eigenvalue weighted by Crippen LogP contribution is -2.47. The van der Waals surface area contributed by atoms with Gasteiger partial charge in [0, 0.05) is 32.7 Å². The van der Waals surface area contributed by atoms with Crippen LogP contribution in [0.15, 0.2) is 12.7 Å². The normalized spacial score (nSPS) is 16.4. The molecule has 0 spiro atoms. The van der Waals surface area contributed by atoms with Crippen molar-refractivity contribution in [2.24, 2.45) is 0 Å². The first-order valence-corrected chi connectivity index (χ1v) is 6.99. The van der Waals surface area contributed by atoms with Crippen molar-refractivity contribution in [3.8, 4) is 5.95 Å². The fraction of sp³-hybridized carbons (Fsp3) is 0.545. The summed E-state index contributed by atoms with van der Waals surface area (Å²) in [6.45, 7) is 4.11. The summed E-state index contributed by atoms with van der Waals surface area (Å²) in [5, 5.41) is 13.1. The molecule has 0 unspecified atom stereocenters. The maximum atomic E-state index is 8.96. The number of piperazine rings is 1. The number of nitrogens with zero attached hydrogens (tertiary/aromatic N) is 8. The molecule has 1 saturated heterocycles. The molecule has 2 aromatic heterocycles. The van der Waals surface area contributed by atoms with Gasteiger partial charge in [-0.05, 0) is 11.6 Å². The van der Waals surface area contributed by atoms with E-state index >= 15 is 0 Å². The second-order valence-electron chi connectivity index (χ2n) is 4.60. The van der Waals surface area contributed by atoms with Crippen LogP contribution < -0.4 is 4.90 Å². The first-order valence-electron chi connectivity index (χ1n) is 6.61. The van der Waals surface area contributed by atoms with Gasteiger partial charge >= 0.3 is 0 Å². The zero-order valence-corrected chi connectivity index (χ0v) is 12.1. The highest BCUT2D eigenvalue weighted by molar-refractivity contribution is 6.28. The van der Waals surface area contributed by atoms with Crippen LogP contribution in [0.2, 0.25) is 5.28 Å². The van der Waals surface area contributed by atoms with Crippen molar-refractivity contribution in [1.82, 2.24) is 34.6 Å². The van der Waals surface area contributed by atoms with Crippen molar-refractivity contribution in [2.45, 2.75) is 0 Å². The van der Waals surface area contributed by atoms with Crippen molar-refractivity contribution in [3.63, 3.8) is 0 Å². The Bertz CT molecular complexity index is 584. The minimum absolute atomic E-state index is 0.128. The van der Waals surface area contributed by atoms with E-state index < -0.39 is 0 Å². The molecule has 0 aliphatic carbocycles. The van der Waals surface area contributed by atoms with Crippen molar-refractivity contribution in [1.29, 1.82) is 0 Å². The SMILES string of the molecule is OCCN1CCN(c2nc(Cl)nc(-n3cncn3)n2)CC1. The lowest BCUT2D eigenvalue weighted by molar-refractivity contribution is 0.188. The molecule has 10 heteroatoms. The van der Waals surface area contributed by atoms with Gasteiger partial charge in [0.25, 0.3) is 5.95 Å². The summed E-state index contributed by atoms with van der Waals surface area (Å²) in [5.74, 6) is 0.879. The van der Waals surface area contributed by atoms with E-state index in [1.807, 2.05) is 4.90 Å². The number of anilines is 1. The number of rotatable bonds is 4. The van der Waals surface area contributed by atoms with Crippen LogP contribution in [0, 0.1) is 0 Å². The summed E-state index contributed by atoms with van der Waals surface area (Å²) in [6, 6.07) is 0. The molecule has 112 valence electrons. The second kappa shape index (κ2) is 6.29. The molecule has 0 atom stereocenters. The topological polar surface area (TPSA) is 96.1 Å². The standard InChI is InChI=1S/C11H15ClN8O/c12-9-15-10(17-11(16-9)20-8-13-7-14-20)19-3-1-18(2-4-19)5-6-21/h7-8,21H,1-6H2. The minimum atomic E-state index is 0.128. The highest BCUT2D eigenvalue weighted by Gasteiger charge is 2.20. The molecule has 2 aromatic rings. The summed E-state index contributed by atoms with van der Waals surface area (Å²) >= 11 is 5.97. The molecule has 3 rings (SSSR count). The van der Waals surface area contributed by atoms with Crippen molar-refractivity contribution >= 4 is 17.5 Å². The average Bonchev–Trinajstić information content (AvgIpc) is 3.02. The maximum absolute atomic E-state index is 8.96. The Hall–Kier alpha value is -1.84. The summed E-state index contributed by atoms with van der Waals surface area (Å²) in [7, 11) is 0. The van der Waals surface area contributed by atoms with Gasteiger partial charge in [0.2, 0.25) is 11.2 Å². The van der Waals surface area contributed by atoms with Crippen molar-refractivity contribution in [3.05, 3.63) is 17.9 Å². The Morgan fingerprint density at radius 2 is 1.86 bits per heavy atom. The molecule has 0 saturated carbocycles. The molecule has 9 nitrogen and oxygen atoms in total. The predicted molar refractivity (Wildman–Crippen MR) is 75.5 cm³/mol. The molecule has 3 heterocycles. The molecule has 0 bridgehead atoms. The van der Waals surface area contributed by atoms with Crippen molar-refractivity contribution in [2.75, 3.05) is 44.2 Å². The van der Waals surface area contributed by atoms with Crippen LogP contribution in [-0.2, 0) is 0 Å². The van der Waals surface area contributed by atoms with Crippen LogP contribution in [0.1, 0.15) is 0 Å². The average molecular weight is 311 g/mol. The number of aliphatic hydroxyl groups is 1. The van der Waals surface area contributed by atoms with Gasteiger partial charge in [-0.2, -0.15) is 24.7 Å². The fourth-order valence-electron chi connectivity index (χ4n) is 2.20. The van der Waals surface area contributed by atoms with Crippen LogP contribution in [0.5, 0.6) is 0 Å². The third-order valence-electron chi connectivity index (χ3n) is 3.28. The molecular weight excluding hydrogens is 296 g/mol. The van der Waals surface area contributed by atoms with E-state index in [1.165, 1.54) is 17.3 Å². The van der Waals surface area contributed by atoms with Crippen LogP contribution in [0.3, 0.4) is 0 Å². The molecule has 0 aromatic carbocycles. The van der Waals surface area contributed by atoms with E-state index in [1.54, 1.807) is 0 Å². The first kappa shape index (κ1) is 14.1. The van der Waals surface area contributed by atoms with Gasteiger partial charge in [-0.15, -0.1) is 0 Å². The Morgan fingerprint density at radius 3 is 2.52 bits per heavy atom. The van der Waals surface area contributed by atoms with Gasteiger partial charge < -0.3 is 10.0 Å². The van der Waals surface area contributed by atoms with Crippen molar-refractivity contribution < 1.29 is 5.11 Å². The fourth-order valence-corrected chi connectivity index (χ4v) is 2.35. The van der Waals surface area contributed by atoms with Gasteiger partial charge in [0.1, 0.15) is 12.7 Å². The van der Waals surface area contributed by atoms with E-state index in [-0.39, 0.29) is 11.9 Å². The highest BCUT2D eigenvalue weighted by atomic mass is 35.5. The zero-order chi connectivity index (χ0) is 14.7. The van der Waals surface area contributed by atoms with E-state index in [0.29, 0.717) is 18.4 Å². The molecule has 1 fully saturated rings. The Labute approximate surface area is 126 Å². The van der Waals surface area contributed by atoms with E-state index in [9.17, 15) is 0 Å². The molecule has 21 heavy (non-hydrogen) atoms. The van der Waals surface area contributed by atoms with Crippen LogP contribution in [0.4, 0.5) is 5.95 Å². The quantitative estimate of drug-likeness (QED) is 0.785. The summed E-state index contributed by atoms with van der Waals surface area (Å²) in [5.41, 5.74) is 0. The first-order chi connectivity index (χ1) is 10.3. The Morgan fingerprint density at radius 1 is 1.10 bits per heavy atom. The Balaban J connectivity index is 1.77. The summed E-state index contributed by atoms with van der Waals surface area (Å²) in [6.07, 6.45) is 2.92. The number of hydrogen-bond donors (Lipinski definition) is 1. The van der Waals surface area contributed by atoms with Gasteiger partial charge in [-0.3, -0.25) is 4.90 Å². The summed E-state index contributed by atoms with van der Waals surface area (Å²) < 4.78 is 1.44. The minimum Gasteiger partial charge on any atom is -0.395 e. The molecular formula is C11H15ClN8O. The summed E-state index contributed by atoms with van der Waals surface area (Å²) in [4.78, 5) is 20.7. The van der Waals surface area contributed by atoms with E-state index in [4.69, 9.17) is 16.7 Å². The largest absolute Gasteiger partial charge is 0.395 e. The lowest BCUT2D eigenvalue weighted by Gasteiger charge is -2.34. The maximum Gasteiger partial charge on any atom is 0.258 e. The number of β-amino-alcohol motifs (C(OH)–C–C–N with tert-alkyl or cyclic N) is 1. The third kappa shape index (κ3) is 3.26. The third-order valence-corrected chi connectivity index (χ3v) is 3.45. The monoisotopic (exact) mass is 310 g/mol. The smallest absolute Gasteiger partial charge is 0.258 e. The van der Waals surface area contributed by atoms with E-state index in [2.05, 4.69) is 29.9 Å². The lowest BCUT2D eigenvalue weighted by atomic mass is 10.3. The van der Waals surface area contributed by atoms with Gasteiger partial charge in [-0.25, -0.2) is 4.98 Å². The highest BCUT2D eigenvalue weighted by Crippen LogP contribution is 2.15. The van der Waals surface area contributed by atoms with Crippen LogP contribution in [0.25, 0.3) is 5.95 Å². The van der Waals surface area contributed by atoms with Crippen LogP contribution in [-0.4, -0.2) is 79.1 Å².